The van der Waals surface area contributed by atoms with Crippen molar-refractivity contribution in [3.63, 3.8) is 0 Å². The van der Waals surface area contributed by atoms with Crippen molar-refractivity contribution < 1.29 is 23.9 Å². The summed E-state index contributed by atoms with van der Waals surface area (Å²) in [7, 11) is 1.42. The first-order valence-corrected chi connectivity index (χ1v) is 7.95. The van der Waals surface area contributed by atoms with Gasteiger partial charge in [-0.3, -0.25) is 19.3 Å². The summed E-state index contributed by atoms with van der Waals surface area (Å²) in [6, 6.07) is 4.84. The Morgan fingerprint density at radius 2 is 1.84 bits per heavy atom. The topological polar surface area (TPSA) is 96.0 Å². The second-order valence-electron chi connectivity index (χ2n) is 5.63. The number of amides is 5. The lowest BCUT2D eigenvalue weighted by Gasteiger charge is -2.17. The van der Waals surface area contributed by atoms with Crippen LogP contribution in [0.3, 0.4) is 0 Å². The molecule has 8 nitrogen and oxygen atoms in total. The van der Waals surface area contributed by atoms with Gasteiger partial charge in [0.1, 0.15) is 6.54 Å². The van der Waals surface area contributed by atoms with Crippen molar-refractivity contribution in [3.8, 4) is 0 Å². The van der Waals surface area contributed by atoms with Crippen molar-refractivity contribution >= 4 is 29.4 Å². The summed E-state index contributed by atoms with van der Waals surface area (Å²) >= 11 is 0. The molecule has 0 spiro atoms. The second kappa shape index (κ2) is 7.89. The van der Waals surface area contributed by atoms with Crippen LogP contribution in [0.15, 0.2) is 18.2 Å². The molecule has 0 bridgehead atoms. The number of rotatable bonds is 7. The average Bonchev–Trinajstić information content (AvgIpc) is 2.78. The largest absolute Gasteiger partial charge is 0.383 e. The average molecular weight is 347 g/mol. The molecule has 1 saturated heterocycles. The zero-order valence-corrected chi connectivity index (χ0v) is 14.5. The van der Waals surface area contributed by atoms with Gasteiger partial charge < -0.3 is 10.1 Å². The summed E-state index contributed by atoms with van der Waals surface area (Å²) in [6.45, 7) is 3.40. The number of nitrogens with one attached hydrogen (secondary N) is 1. The van der Waals surface area contributed by atoms with Gasteiger partial charge in [0, 0.05) is 12.8 Å². The van der Waals surface area contributed by atoms with Crippen molar-refractivity contribution in [1.82, 2.24) is 9.80 Å². The Hall–Kier alpha value is -2.74. The second-order valence-corrected chi connectivity index (χ2v) is 5.63. The Morgan fingerprint density at radius 1 is 1.16 bits per heavy atom. The quantitative estimate of drug-likeness (QED) is 0.585. The molecule has 1 aromatic carbocycles. The van der Waals surface area contributed by atoms with Crippen LogP contribution in [0, 0.1) is 6.92 Å². The number of imide groups is 2. The van der Waals surface area contributed by atoms with Crippen LogP contribution in [-0.4, -0.2) is 60.4 Å². The normalized spacial score (nSPS) is 14.4. The number of ether oxygens (including phenoxy) is 1. The van der Waals surface area contributed by atoms with E-state index in [1.54, 1.807) is 0 Å². The van der Waals surface area contributed by atoms with Crippen LogP contribution >= 0.6 is 0 Å². The molecule has 1 aliphatic heterocycles. The van der Waals surface area contributed by atoms with Crippen LogP contribution in [0.25, 0.3) is 0 Å². The Bertz CT molecular complexity index is 716. The fourth-order valence-electron chi connectivity index (χ4n) is 2.59. The minimum Gasteiger partial charge on any atom is -0.383 e. The Kier molecular flexibility index (Phi) is 5.87. The number of para-hydroxylation sites is 1. The number of hydrogen-bond donors (Lipinski definition) is 1. The Balaban J connectivity index is 2.09. The van der Waals surface area contributed by atoms with E-state index in [-0.39, 0.29) is 13.2 Å². The first-order chi connectivity index (χ1) is 11.9. The number of benzene rings is 1. The number of carbonyl (C=O) groups excluding carboxylic acids is 4. The van der Waals surface area contributed by atoms with Crippen molar-refractivity contribution in [3.05, 3.63) is 29.3 Å². The molecule has 2 rings (SSSR count). The summed E-state index contributed by atoms with van der Waals surface area (Å²) < 4.78 is 4.81. The molecule has 134 valence electrons. The van der Waals surface area contributed by atoms with Gasteiger partial charge >= 0.3 is 17.8 Å². The van der Waals surface area contributed by atoms with Gasteiger partial charge in [-0.25, -0.2) is 9.69 Å². The third kappa shape index (κ3) is 3.85. The van der Waals surface area contributed by atoms with Gasteiger partial charge in [-0.2, -0.15) is 0 Å². The molecule has 1 aromatic rings. The lowest BCUT2D eigenvalue weighted by atomic mass is 10.1. The number of aryl methyl sites for hydroxylation is 2. The summed E-state index contributed by atoms with van der Waals surface area (Å²) in [5.41, 5.74) is 2.49. The molecular formula is C17H21N3O5. The molecule has 8 heteroatoms. The molecule has 0 aliphatic carbocycles. The van der Waals surface area contributed by atoms with Crippen LogP contribution < -0.4 is 5.32 Å². The predicted molar refractivity (Wildman–Crippen MR) is 89.9 cm³/mol. The zero-order chi connectivity index (χ0) is 18.6. The fraction of sp³-hybridized carbons (Fsp3) is 0.412. The molecule has 0 saturated carbocycles. The van der Waals surface area contributed by atoms with Gasteiger partial charge in [0.2, 0.25) is 5.91 Å². The number of nitrogens with zero attached hydrogens (tertiary/aromatic N) is 2. The lowest BCUT2D eigenvalue weighted by molar-refractivity contribution is -0.143. The van der Waals surface area contributed by atoms with Crippen LogP contribution in [0.4, 0.5) is 10.5 Å². The highest BCUT2D eigenvalue weighted by molar-refractivity contribution is 6.45. The van der Waals surface area contributed by atoms with Gasteiger partial charge in [0.25, 0.3) is 0 Å². The van der Waals surface area contributed by atoms with Crippen LogP contribution in [0.1, 0.15) is 18.1 Å². The molecular weight excluding hydrogens is 326 g/mol. The van der Waals surface area contributed by atoms with E-state index >= 15 is 0 Å². The number of anilines is 1. The molecule has 1 fully saturated rings. The van der Waals surface area contributed by atoms with E-state index in [1.807, 2.05) is 32.0 Å². The number of carbonyl (C=O) groups is 4. The first-order valence-electron chi connectivity index (χ1n) is 7.95. The number of methoxy groups -OCH3 is 1. The van der Waals surface area contributed by atoms with Crippen LogP contribution in [0.2, 0.25) is 0 Å². The van der Waals surface area contributed by atoms with Gasteiger partial charge in [0.15, 0.2) is 0 Å². The molecule has 25 heavy (non-hydrogen) atoms. The fourth-order valence-corrected chi connectivity index (χ4v) is 2.59. The van der Waals surface area contributed by atoms with Crippen molar-refractivity contribution in [2.24, 2.45) is 0 Å². The van der Waals surface area contributed by atoms with Gasteiger partial charge in [-0.05, 0) is 24.5 Å². The SMILES string of the molecule is CCc1cccc(C)c1NC(=O)CN1C(=O)C(=O)N(CCOC)C1=O. The van der Waals surface area contributed by atoms with E-state index in [2.05, 4.69) is 5.32 Å². The minimum atomic E-state index is -1.00. The van der Waals surface area contributed by atoms with E-state index in [9.17, 15) is 19.2 Å². The maximum atomic E-state index is 12.3. The maximum absolute atomic E-state index is 12.3. The molecule has 0 aromatic heterocycles. The smallest absolute Gasteiger partial charge is 0.334 e. The predicted octanol–water partition coefficient (Wildman–Crippen LogP) is 0.933. The van der Waals surface area contributed by atoms with E-state index in [4.69, 9.17) is 4.74 Å². The van der Waals surface area contributed by atoms with Crippen molar-refractivity contribution in [1.29, 1.82) is 0 Å². The molecule has 5 amide bonds. The van der Waals surface area contributed by atoms with Crippen LogP contribution in [-0.2, 0) is 25.5 Å². The summed E-state index contributed by atoms with van der Waals surface area (Å²) in [6.07, 6.45) is 0.724. The lowest BCUT2D eigenvalue weighted by Crippen LogP contribution is -2.39. The molecule has 1 N–H and O–H groups in total. The molecule has 1 heterocycles. The third-order valence-electron chi connectivity index (χ3n) is 3.96. The van der Waals surface area contributed by atoms with Crippen molar-refractivity contribution in [2.45, 2.75) is 20.3 Å². The summed E-state index contributed by atoms with van der Waals surface area (Å²) in [4.78, 5) is 49.7. The molecule has 1 aliphatic rings. The highest BCUT2D eigenvalue weighted by Gasteiger charge is 2.44. The summed E-state index contributed by atoms with van der Waals surface area (Å²) in [5, 5.41) is 2.73. The standard InChI is InChI=1S/C17H21N3O5/c1-4-12-7-5-6-11(2)14(12)18-13(21)10-20-16(23)15(22)19(17(20)24)8-9-25-3/h5-7H,4,8-10H2,1-3H3,(H,18,21). The van der Waals surface area contributed by atoms with Crippen LogP contribution in [0.5, 0.6) is 0 Å². The Labute approximate surface area is 145 Å². The molecule has 0 radical (unpaired) electrons. The minimum absolute atomic E-state index is 0.0319. The van der Waals surface area contributed by atoms with Gasteiger partial charge in [-0.15, -0.1) is 0 Å². The van der Waals surface area contributed by atoms with E-state index in [1.165, 1.54) is 7.11 Å². The van der Waals surface area contributed by atoms with E-state index < -0.39 is 30.3 Å². The van der Waals surface area contributed by atoms with Gasteiger partial charge in [-0.1, -0.05) is 25.1 Å². The monoisotopic (exact) mass is 347 g/mol. The molecule has 0 unspecified atom stereocenters. The highest BCUT2D eigenvalue weighted by Crippen LogP contribution is 2.21. The molecule has 0 atom stereocenters. The highest BCUT2D eigenvalue weighted by atomic mass is 16.5. The summed E-state index contributed by atoms with van der Waals surface area (Å²) in [5.74, 6) is -2.48. The van der Waals surface area contributed by atoms with E-state index in [0.29, 0.717) is 10.6 Å². The number of hydrogen-bond acceptors (Lipinski definition) is 5. The van der Waals surface area contributed by atoms with Crippen molar-refractivity contribution in [2.75, 3.05) is 32.1 Å². The van der Waals surface area contributed by atoms with E-state index in [0.717, 1.165) is 22.4 Å². The third-order valence-corrected chi connectivity index (χ3v) is 3.96. The zero-order valence-electron chi connectivity index (χ0n) is 14.5. The maximum Gasteiger partial charge on any atom is 0.334 e. The Morgan fingerprint density at radius 3 is 2.48 bits per heavy atom. The number of urea groups is 1. The van der Waals surface area contributed by atoms with Gasteiger partial charge in [0.05, 0.1) is 13.2 Å². The first kappa shape index (κ1) is 18.6.